The zero-order chi connectivity index (χ0) is 11.1. The van der Waals surface area contributed by atoms with Crippen LogP contribution in [0.4, 0.5) is 0 Å². The van der Waals surface area contributed by atoms with Crippen LogP contribution in [0.3, 0.4) is 0 Å². The second-order valence-corrected chi connectivity index (χ2v) is 3.61. The number of likely N-dealkylation sites (N-methyl/N-ethyl adjacent to an activating group) is 1. The van der Waals surface area contributed by atoms with Crippen molar-refractivity contribution in [2.24, 2.45) is 5.73 Å². The summed E-state index contributed by atoms with van der Waals surface area (Å²) in [6.07, 6.45) is 1.98. The third-order valence-electron chi connectivity index (χ3n) is 2.40. The number of amides is 1. The quantitative estimate of drug-likeness (QED) is 0.782. The molecular formula is C12H18N2O. The number of nitrogens with two attached hydrogens (primary N) is 1. The molecule has 0 spiro atoms. The summed E-state index contributed by atoms with van der Waals surface area (Å²) in [5.74, 6) is 0.00283. The molecule has 0 aliphatic rings. The Hall–Kier alpha value is -1.35. The third kappa shape index (κ3) is 4.13. The molecule has 3 nitrogen and oxygen atoms in total. The van der Waals surface area contributed by atoms with Crippen molar-refractivity contribution in [3.63, 3.8) is 0 Å². The highest BCUT2D eigenvalue weighted by molar-refractivity contribution is 5.77. The standard InChI is InChI=1S/C12H18N2O/c1-14(12(15)10-13)9-5-8-11-6-3-2-4-7-11/h2-4,6-7H,5,8-10,13H2,1H3. The summed E-state index contributed by atoms with van der Waals surface area (Å²) in [6, 6.07) is 10.3. The Kier molecular flexibility index (Phi) is 4.84. The Morgan fingerprint density at radius 2 is 2.00 bits per heavy atom. The molecule has 1 aromatic rings. The molecule has 0 aromatic heterocycles. The molecule has 3 heteroatoms. The number of benzene rings is 1. The highest BCUT2D eigenvalue weighted by Crippen LogP contribution is 2.02. The first kappa shape index (κ1) is 11.7. The van der Waals surface area contributed by atoms with Crippen LogP contribution < -0.4 is 5.73 Å². The Morgan fingerprint density at radius 3 is 2.60 bits per heavy atom. The van der Waals surface area contributed by atoms with Gasteiger partial charge in [-0.3, -0.25) is 4.79 Å². The Labute approximate surface area is 90.9 Å². The number of rotatable bonds is 5. The van der Waals surface area contributed by atoms with Gasteiger partial charge in [-0.25, -0.2) is 0 Å². The van der Waals surface area contributed by atoms with E-state index in [4.69, 9.17) is 5.73 Å². The molecule has 0 heterocycles. The van der Waals surface area contributed by atoms with E-state index in [1.165, 1.54) is 5.56 Å². The summed E-state index contributed by atoms with van der Waals surface area (Å²) in [6.45, 7) is 0.868. The molecule has 0 saturated heterocycles. The SMILES string of the molecule is CN(CCCc1ccccc1)C(=O)CN. The number of nitrogens with zero attached hydrogens (tertiary/aromatic N) is 1. The van der Waals surface area contributed by atoms with E-state index in [9.17, 15) is 4.79 Å². The normalized spacial score (nSPS) is 10.0. The van der Waals surface area contributed by atoms with Crippen LogP contribution in [0.1, 0.15) is 12.0 Å². The molecular weight excluding hydrogens is 188 g/mol. The van der Waals surface area contributed by atoms with Gasteiger partial charge in [-0.05, 0) is 18.4 Å². The molecule has 15 heavy (non-hydrogen) atoms. The fourth-order valence-corrected chi connectivity index (χ4v) is 1.45. The van der Waals surface area contributed by atoms with Gasteiger partial charge in [-0.15, -0.1) is 0 Å². The number of carbonyl (C=O) groups is 1. The van der Waals surface area contributed by atoms with E-state index in [2.05, 4.69) is 12.1 Å². The number of hydrogen-bond acceptors (Lipinski definition) is 2. The van der Waals surface area contributed by atoms with Gasteiger partial charge in [-0.1, -0.05) is 30.3 Å². The molecule has 1 aromatic carbocycles. The summed E-state index contributed by atoms with van der Waals surface area (Å²) in [4.78, 5) is 12.8. The maximum Gasteiger partial charge on any atom is 0.236 e. The van der Waals surface area contributed by atoms with Crippen LogP contribution >= 0.6 is 0 Å². The van der Waals surface area contributed by atoms with Gasteiger partial charge in [0.25, 0.3) is 0 Å². The lowest BCUT2D eigenvalue weighted by molar-refractivity contribution is -0.128. The smallest absolute Gasteiger partial charge is 0.236 e. The molecule has 0 atom stereocenters. The Morgan fingerprint density at radius 1 is 1.33 bits per heavy atom. The summed E-state index contributed by atoms with van der Waals surface area (Å²) in [5, 5.41) is 0. The number of carbonyl (C=O) groups excluding carboxylic acids is 1. The van der Waals surface area contributed by atoms with E-state index in [0.29, 0.717) is 0 Å². The first-order valence-electron chi connectivity index (χ1n) is 5.22. The van der Waals surface area contributed by atoms with Crippen molar-refractivity contribution in [1.82, 2.24) is 4.90 Å². The van der Waals surface area contributed by atoms with E-state index in [0.717, 1.165) is 19.4 Å². The predicted molar refractivity (Wildman–Crippen MR) is 61.5 cm³/mol. The zero-order valence-corrected chi connectivity index (χ0v) is 9.15. The summed E-state index contributed by atoms with van der Waals surface area (Å²) in [7, 11) is 1.79. The van der Waals surface area contributed by atoms with E-state index < -0.39 is 0 Å². The summed E-state index contributed by atoms with van der Waals surface area (Å²) >= 11 is 0. The van der Waals surface area contributed by atoms with E-state index in [1.807, 2.05) is 18.2 Å². The summed E-state index contributed by atoms with van der Waals surface area (Å²) in [5.41, 5.74) is 6.58. The van der Waals surface area contributed by atoms with Gasteiger partial charge in [0.1, 0.15) is 0 Å². The molecule has 0 radical (unpaired) electrons. The monoisotopic (exact) mass is 206 g/mol. The van der Waals surface area contributed by atoms with Gasteiger partial charge in [0, 0.05) is 13.6 Å². The van der Waals surface area contributed by atoms with Crippen LogP contribution in [-0.2, 0) is 11.2 Å². The molecule has 1 amide bonds. The minimum Gasteiger partial charge on any atom is -0.345 e. The highest BCUT2D eigenvalue weighted by Gasteiger charge is 2.04. The van der Waals surface area contributed by atoms with Crippen molar-refractivity contribution in [2.75, 3.05) is 20.1 Å². The first-order valence-corrected chi connectivity index (χ1v) is 5.22. The van der Waals surface area contributed by atoms with Crippen LogP contribution in [0.25, 0.3) is 0 Å². The molecule has 1 rings (SSSR count). The lowest BCUT2D eigenvalue weighted by atomic mass is 10.1. The van der Waals surface area contributed by atoms with Crippen LogP contribution in [0.5, 0.6) is 0 Å². The number of aryl methyl sites for hydroxylation is 1. The largest absolute Gasteiger partial charge is 0.345 e. The van der Waals surface area contributed by atoms with E-state index >= 15 is 0 Å². The molecule has 0 saturated carbocycles. The lowest BCUT2D eigenvalue weighted by Gasteiger charge is -2.15. The van der Waals surface area contributed by atoms with Gasteiger partial charge in [-0.2, -0.15) is 0 Å². The van der Waals surface area contributed by atoms with Gasteiger partial charge in [0.2, 0.25) is 5.91 Å². The van der Waals surface area contributed by atoms with Crippen LogP contribution in [0, 0.1) is 0 Å². The van der Waals surface area contributed by atoms with Crippen LogP contribution in [0.2, 0.25) is 0 Å². The minimum atomic E-state index is 0.00283. The van der Waals surface area contributed by atoms with Gasteiger partial charge in [0.15, 0.2) is 0 Å². The van der Waals surface area contributed by atoms with Gasteiger partial charge in [0.05, 0.1) is 6.54 Å². The first-order chi connectivity index (χ1) is 7.24. The number of hydrogen-bond donors (Lipinski definition) is 1. The lowest BCUT2D eigenvalue weighted by Crippen LogP contribution is -2.33. The molecule has 0 bridgehead atoms. The molecule has 0 fully saturated rings. The molecule has 0 aliphatic carbocycles. The van der Waals surface area contributed by atoms with E-state index in [1.54, 1.807) is 11.9 Å². The third-order valence-corrected chi connectivity index (χ3v) is 2.40. The van der Waals surface area contributed by atoms with Crippen molar-refractivity contribution >= 4 is 5.91 Å². The van der Waals surface area contributed by atoms with Crippen molar-refractivity contribution in [1.29, 1.82) is 0 Å². The predicted octanol–water partition coefficient (Wildman–Crippen LogP) is 1.04. The minimum absolute atomic E-state index is 0.00283. The fourth-order valence-electron chi connectivity index (χ4n) is 1.45. The molecule has 2 N–H and O–H groups in total. The van der Waals surface area contributed by atoms with Crippen molar-refractivity contribution < 1.29 is 4.79 Å². The van der Waals surface area contributed by atoms with Gasteiger partial charge >= 0.3 is 0 Å². The Bertz CT molecular complexity index is 298. The average Bonchev–Trinajstić information content (AvgIpc) is 2.29. The van der Waals surface area contributed by atoms with E-state index in [-0.39, 0.29) is 12.5 Å². The molecule has 0 aliphatic heterocycles. The maximum absolute atomic E-state index is 11.2. The van der Waals surface area contributed by atoms with Crippen molar-refractivity contribution in [3.8, 4) is 0 Å². The van der Waals surface area contributed by atoms with Gasteiger partial charge < -0.3 is 10.6 Å². The molecule has 82 valence electrons. The maximum atomic E-state index is 11.2. The van der Waals surface area contributed by atoms with Crippen molar-refractivity contribution in [2.45, 2.75) is 12.8 Å². The second kappa shape index (κ2) is 6.19. The fraction of sp³-hybridized carbons (Fsp3) is 0.417. The highest BCUT2D eigenvalue weighted by atomic mass is 16.2. The van der Waals surface area contributed by atoms with Crippen LogP contribution in [0.15, 0.2) is 30.3 Å². The molecule has 0 unspecified atom stereocenters. The average molecular weight is 206 g/mol. The van der Waals surface area contributed by atoms with Crippen molar-refractivity contribution in [3.05, 3.63) is 35.9 Å². The summed E-state index contributed by atoms with van der Waals surface area (Å²) < 4.78 is 0. The zero-order valence-electron chi connectivity index (χ0n) is 9.15. The topological polar surface area (TPSA) is 46.3 Å². The second-order valence-electron chi connectivity index (χ2n) is 3.61. The van der Waals surface area contributed by atoms with Crippen LogP contribution in [-0.4, -0.2) is 30.9 Å². The Balaban J connectivity index is 2.25.